The number of benzene rings is 1. The van der Waals surface area contributed by atoms with Crippen LogP contribution in [0.2, 0.25) is 5.02 Å². The van der Waals surface area contributed by atoms with Gasteiger partial charge in [0.05, 0.1) is 17.4 Å². The first kappa shape index (κ1) is 11.3. The third-order valence-corrected chi connectivity index (χ3v) is 3.63. The summed E-state index contributed by atoms with van der Waals surface area (Å²) in [4.78, 5) is 23.0. The molecule has 1 aliphatic heterocycles. The first-order valence-electron chi connectivity index (χ1n) is 4.55. The van der Waals surface area contributed by atoms with Crippen LogP contribution >= 0.6 is 23.4 Å². The smallest absolute Gasteiger partial charge is 0.305 e. The molecule has 0 radical (unpaired) electrons. The highest BCUT2D eigenvalue weighted by Gasteiger charge is 2.28. The van der Waals surface area contributed by atoms with E-state index in [0.717, 1.165) is 4.90 Å². The second kappa shape index (κ2) is 4.35. The van der Waals surface area contributed by atoms with Crippen LogP contribution in [0.1, 0.15) is 6.42 Å². The van der Waals surface area contributed by atoms with Crippen LogP contribution in [-0.4, -0.2) is 22.2 Å². The van der Waals surface area contributed by atoms with Crippen molar-refractivity contribution in [2.24, 2.45) is 0 Å². The summed E-state index contributed by atoms with van der Waals surface area (Å²) in [7, 11) is 0. The maximum atomic E-state index is 11.6. The van der Waals surface area contributed by atoms with E-state index in [1.807, 2.05) is 0 Å². The van der Waals surface area contributed by atoms with Crippen molar-refractivity contribution >= 4 is 40.9 Å². The van der Waals surface area contributed by atoms with E-state index in [1.165, 1.54) is 11.8 Å². The van der Waals surface area contributed by atoms with E-state index in [2.05, 4.69) is 5.32 Å². The number of hydrogen-bond acceptors (Lipinski definition) is 3. The molecule has 0 spiro atoms. The topological polar surface area (TPSA) is 66.4 Å². The van der Waals surface area contributed by atoms with Crippen molar-refractivity contribution in [2.45, 2.75) is 16.6 Å². The summed E-state index contributed by atoms with van der Waals surface area (Å²) in [6, 6.07) is 5.14. The van der Waals surface area contributed by atoms with Gasteiger partial charge in [0.25, 0.3) is 0 Å². The molecule has 1 aliphatic rings. The Balaban J connectivity index is 2.25. The molecule has 4 nitrogen and oxygen atoms in total. The molecule has 1 amide bonds. The molecule has 1 aromatic rings. The average Bonchev–Trinajstić information content (AvgIpc) is 2.19. The molecule has 1 unspecified atom stereocenters. The fourth-order valence-corrected chi connectivity index (χ4v) is 2.67. The van der Waals surface area contributed by atoms with Crippen molar-refractivity contribution in [3.63, 3.8) is 0 Å². The van der Waals surface area contributed by atoms with Crippen LogP contribution in [0.15, 0.2) is 23.1 Å². The normalized spacial score (nSPS) is 18.8. The molecule has 0 fully saturated rings. The second-order valence-corrected chi connectivity index (χ2v) is 5.02. The highest BCUT2D eigenvalue weighted by atomic mass is 35.5. The maximum Gasteiger partial charge on any atom is 0.305 e. The van der Waals surface area contributed by atoms with Gasteiger partial charge in [-0.25, -0.2) is 0 Å². The van der Waals surface area contributed by atoms with Gasteiger partial charge in [0.15, 0.2) is 0 Å². The number of nitrogens with one attached hydrogen (secondary N) is 1. The molecule has 84 valence electrons. The third kappa shape index (κ3) is 2.31. The number of fused-ring (bicyclic) bond motifs is 1. The molecule has 0 aromatic heterocycles. The predicted molar refractivity (Wildman–Crippen MR) is 62.0 cm³/mol. The minimum atomic E-state index is -0.981. The Morgan fingerprint density at radius 1 is 1.56 bits per heavy atom. The Morgan fingerprint density at radius 3 is 3.00 bits per heavy atom. The number of hydrogen-bond donors (Lipinski definition) is 2. The van der Waals surface area contributed by atoms with Crippen molar-refractivity contribution < 1.29 is 14.7 Å². The van der Waals surface area contributed by atoms with Gasteiger partial charge in [0.1, 0.15) is 0 Å². The summed E-state index contributed by atoms with van der Waals surface area (Å²) >= 11 is 7.04. The molecule has 1 atom stereocenters. The Morgan fingerprint density at radius 2 is 2.31 bits per heavy atom. The van der Waals surface area contributed by atoms with E-state index in [-0.39, 0.29) is 12.3 Å². The molecule has 6 heteroatoms. The number of anilines is 1. The summed E-state index contributed by atoms with van der Waals surface area (Å²) in [5, 5.41) is 11.3. The number of amides is 1. The molecule has 16 heavy (non-hydrogen) atoms. The standard InChI is InChI=1S/C10H8ClNO3S/c11-5-1-2-7-6(3-5)12-10(15)8(16-7)4-9(13)14/h1-3,8H,4H2,(H,12,15)(H,13,14). The molecule has 0 saturated heterocycles. The highest BCUT2D eigenvalue weighted by molar-refractivity contribution is 8.01. The molecule has 2 rings (SSSR count). The SMILES string of the molecule is O=C(O)CC1Sc2ccc(Cl)cc2NC1=O. The number of carboxylic acid groups (broad SMARTS) is 1. The van der Waals surface area contributed by atoms with E-state index >= 15 is 0 Å². The van der Waals surface area contributed by atoms with Crippen molar-refractivity contribution in [2.75, 3.05) is 5.32 Å². The summed E-state index contributed by atoms with van der Waals surface area (Å²) in [5.74, 6) is -1.27. The van der Waals surface area contributed by atoms with Gasteiger partial charge in [-0.15, -0.1) is 11.8 Å². The fraction of sp³-hybridized carbons (Fsp3) is 0.200. The molecule has 0 bridgehead atoms. The molecule has 1 heterocycles. The zero-order chi connectivity index (χ0) is 11.7. The lowest BCUT2D eigenvalue weighted by Crippen LogP contribution is -2.30. The number of rotatable bonds is 2. The van der Waals surface area contributed by atoms with Crippen LogP contribution in [0.25, 0.3) is 0 Å². The van der Waals surface area contributed by atoms with Gasteiger partial charge in [-0.2, -0.15) is 0 Å². The number of carboxylic acids is 1. The van der Waals surface area contributed by atoms with Gasteiger partial charge >= 0.3 is 5.97 Å². The number of aliphatic carboxylic acids is 1. The minimum absolute atomic E-state index is 0.182. The van der Waals surface area contributed by atoms with Gasteiger partial charge in [-0.1, -0.05) is 11.6 Å². The number of thioether (sulfide) groups is 1. The van der Waals surface area contributed by atoms with E-state index in [9.17, 15) is 9.59 Å². The van der Waals surface area contributed by atoms with Gasteiger partial charge in [-0.3, -0.25) is 9.59 Å². The van der Waals surface area contributed by atoms with E-state index in [4.69, 9.17) is 16.7 Å². The Bertz CT molecular complexity index is 463. The lowest BCUT2D eigenvalue weighted by atomic mass is 10.2. The molecule has 0 saturated carbocycles. The van der Waals surface area contributed by atoms with Gasteiger partial charge in [0.2, 0.25) is 5.91 Å². The van der Waals surface area contributed by atoms with Gasteiger partial charge in [0, 0.05) is 9.92 Å². The van der Waals surface area contributed by atoms with Crippen LogP contribution in [0.5, 0.6) is 0 Å². The minimum Gasteiger partial charge on any atom is -0.481 e. The van der Waals surface area contributed by atoms with Crippen LogP contribution in [0.4, 0.5) is 5.69 Å². The van der Waals surface area contributed by atoms with Crippen LogP contribution in [0.3, 0.4) is 0 Å². The Labute approximate surface area is 101 Å². The second-order valence-electron chi connectivity index (χ2n) is 3.33. The lowest BCUT2D eigenvalue weighted by molar-refractivity contribution is -0.138. The maximum absolute atomic E-state index is 11.6. The summed E-state index contributed by atoms with van der Waals surface area (Å²) in [6.07, 6.45) is -0.182. The first-order valence-corrected chi connectivity index (χ1v) is 5.81. The molecule has 2 N–H and O–H groups in total. The lowest BCUT2D eigenvalue weighted by Gasteiger charge is -2.22. The van der Waals surface area contributed by atoms with Gasteiger partial charge in [-0.05, 0) is 18.2 Å². The molecular weight excluding hydrogens is 250 g/mol. The van der Waals surface area contributed by atoms with E-state index in [1.54, 1.807) is 18.2 Å². The van der Waals surface area contributed by atoms with E-state index in [0.29, 0.717) is 10.7 Å². The van der Waals surface area contributed by atoms with Crippen molar-refractivity contribution in [1.82, 2.24) is 0 Å². The fourth-order valence-electron chi connectivity index (χ4n) is 1.42. The van der Waals surface area contributed by atoms with E-state index < -0.39 is 11.2 Å². The van der Waals surface area contributed by atoms with Crippen molar-refractivity contribution in [3.05, 3.63) is 23.2 Å². The van der Waals surface area contributed by atoms with Crippen LogP contribution in [-0.2, 0) is 9.59 Å². The summed E-state index contributed by atoms with van der Waals surface area (Å²) in [6.45, 7) is 0. The molecule has 0 aliphatic carbocycles. The predicted octanol–water partition coefficient (Wildman–Crippen LogP) is 2.23. The van der Waals surface area contributed by atoms with Crippen LogP contribution < -0.4 is 5.32 Å². The number of halogens is 1. The monoisotopic (exact) mass is 257 g/mol. The zero-order valence-corrected chi connectivity index (χ0v) is 9.64. The molecule has 1 aromatic carbocycles. The highest BCUT2D eigenvalue weighted by Crippen LogP contribution is 2.38. The largest absolute Gasteiger partial charge is 0.481 e. The quantitative estimate of drug-likeness (QED) is 0.853. The number of carbonyl (C=O) groups excluding carboxylic acids is 1. The van der Waals surface area contributed by atoms with Gasteiger partial charge < -0.3 is 10.4 Å². The summed E-state index contributed by atoms with van der Waals surface area (Å²) < 4.78 is 0. The Kier molecular flexibility index (Phi) is 3.07. The third-order valence-electron chi connectivity index (χ3n) is 2.12. The van der Waals surface area contributed by atoms with Crippen molar-refractivity contribution in [3.8, 4) is 0 Å². The first-order chi connectivity index (χ1) is 7.56. The average molecular weight is 258 g/mol. The molecular formula is C10H8ClNO3S. The Hall–Kier alpha value is -1.20. The number of carbonyl (C=O) groups is 2. The zero-order valence-electron chi connectivity index (χ0n) is 8.07. The van der Waals surface area contributed by atoms with Crippen molar-refractivity contribution in [1.29, 1.82) is 0 Å². The summed E-state index contributed by atoms with van der Waals surface area (Å²) in [5.41, 5.74) is 0.643. The van der Waals surface area contributed by atoms with Crippen LogP contribution in [0, 0.1) is 0 Å².